The van der Waals surface area contributed by atoms with Crippen LogP contribution in [0.4, 0.5) is 0 Å². The molecule has 2 rings (SSSR count). The van der Waals surface area contributed by atoms with E-state index in [0.29, 0.717) is 40.1 Å². The second-order valence-corrected chi connectivity index (χ2v) is 6.30. The van der Waals surface area contributed by atoms with Gasteiger partial charge in [0.2, 0.25) is 5.91 Å². The van der Waals surface area contributed by atoms with Crippen LogP contribution in [0.1, 0.15) is 25.3 Å². The summed E-state index contributed by atoms with van der Waals surface area (Å²) in [5.41, 5.74) is 3.25. The van der Waals surface area contributed by atoms with Gasteiger partial charge in [0.05, 0.1) is 17.3 Å². The molecule has 0 heterocycles. The van der Waals surface area contributed by atoms with E-state index < -0.39 is 0 Å². The van der Waals surface area contributed by atoms with Crippen LogP contribution in [0.3, 0.4) is 0 Å². The Bertz CT molecular complexity index is 825. The topological polar surface area (TPSA) is 91.2 Å². The van der Waals surface area contributed by atoms with E-state index in [2.05, 4.69) is 10.5 Å². The van der Waals surface area contributed by atoms with Gasteiger partial charge in [-0.2, -0.15) is 5.10 Å². The van der Waals surface area contributed by atoms with Crippen molar-refractivity contribution >= 4 is 34.8 Å². The lowest BCUT2D eigenvalue weighted by molar-refractivity contribution is -0.121. The van der Waals surface area contributed by atoms with Gasteiger partial charge >= 0.3 is 0 Å². The van der Waals surface area contributed by atoms with E-state index >= 15 is 0 Å². The smallest absolute Gasteiger partial charge is 0.240 e. The lowest BCUT2D eigenvalue weighted by atomic mass is 10.1. The predicted molar refractivity (Wildman–Crippen MR) is 101 cm³/mol. The number of hydrogen-bond acceptors (Lipinski definition) is 5. The number of phenolic OH excluding ortho intramolecular Hbond substituents is 2. The summed E-state index contributed by atoms with van der Waals surface area (Å²) in [6.45, 7) is 1.95. The molecule has 0 aliphatic heterocycles. The number of rotatable bonds is 7. The standard InChI is InChI=1S/C18H18Cl2N2O4/c1-11(14-6-5-13(23)10-16(14)24)21-22-18(25)3-2-8-26-17-7-4-12(19)9-15(17)20/h4-7,9-10,23-24H,2-3,8H2,1H3,(H,22,25)/b21-11+. The Balaban J connectivity index is 1.78. The highest BCUT2D eigenvalue weighted by Crippen LogP contribution is 2.27. The van der Waals surface area contributed by atoms with Gasteiger partial charge in [-0.1, -0.05) is 23.2 Å². The summed E-state index contributed by atoms with van der Waals surface area (Å²) in [7, 11) is 0. The van der Waals surface area contributed by atoms with E-state index in [4.69, 9.17) is 27.9 Å². The van der Waals surface area contributed by atoms with Crippen molar-refractivity contribution in [2.75, 3.05) is 6.61 Å². The van der Waals surface area contributed by atoms with Crippen molar-refractivity contribution < 1.29 is 19.7 Å². The Labute approximate surface area is 161 Å². The molecule has 0 radical (unpaired) electrons. The van der Waals surface area contributed by atoms with Crippen molar-refractivity contribution in [3.8, 4) is 17.2 Å². The Morgan fingerprint density at radius 1 is 1.19 bits per heavy atom. The van der Waals surface area contributed by atoms with Gasteiger partial charge in [-0.05, 0) is 43.7 Å². The number of nitrogens with one attached hydrogen (secondary N) is 1. The molecule has 0 unspecified atom stereocenters. The van der Waals surface area contributed by atoms with Crippen LogP contribution in [-0.4, -0.2) is 28.4 Å². The Morgan fingerprint density at radius 3 is 2.65 bits per heavy atom. The van der Waals surface area contributed by atoms with Crippen molar-refractivity contribution in [1.29, 1.82) is 0 Å². The first kappa shape index (κ1) is 19.9. The molecule has 0 spiro atoms. The number of benzene rings is 2. The van der Waals surface area contributed by atoms with Crippen LogP contribution in [0.5, 0.6) is 17.2 Å². The highest BCUT2D eigenvalue weighted by atomic mass is 35.5. The molecule has 0 aliphatic rings. The zero-order valence-corrected chi connectivity index (χ0v) is 15.5. The quantitative estimate of drug-likeness (QED) is 0.373. The van der Waals surface area contributed by atoms with Crippen molar-refractivity contribution in [2.24, 2.45) is 5.10 Å². The fourth-order valence-corrected chi connectivity index (χ4v) is 2.56. The number of carbonyl (C=O) groups excluding carboxylic acids is 1. The predicted octanol–water partition coefficient (Wildman–Crippen LogP) is 4.10. The molecule has 8 heteroatoms. The van der Waals surface area contributed by atoms with Crippen molar-refractivity contribution in [3.05, 3.63) is 52.0 Å². The third-order valence-electron chi connectivity index (χ3n) is 3.42. The Hall–Kier alpha value is -2.44. The van der Waals surface area contributed by atoms with E-state index in [-0.39, 0.29) is 23.8 Å². The van der Waals surface area contributed by atoms with E-state index in [1.54, 1.807) is 25.1 Å². The summed E-state index contributed by atoms with van der Waals surface area (Å²) in [5, 5.41) is 23.9. The lowest BCUT2D eigenvalue weighted by Crippen LogP contribution is -2.19. The molecule has 0 atom stereocenters. The molecule has 2 aromatic rings. The fraction of sp³-hybridized carbons (Fsp3) is 0.222. The van der Waals surface area contributed by atoms with Crippen LogP contribution in [0.2, 0.25) is 10.0 Å². The van der Waals surface area contributed by atoms with Crippen LogP contribution in [0, 0.1) is 0 Å². The number of ether oxygens (including phenoxy) is 1. The van der Waals surface area contributed by atoms with Crippen LogP contribution in [0.15, 0.2) is 41.5 Å². The van der Waals surface area contributed by atoms with Gasteiger partial charge < -0.3 is 14.9 Å². The van der Waals surface area contributed by atoms with Gasteiger partial charge in [0, 0.05) is 23.1 Å². The molecule has 0 aromatic heterocycles. The molecule has 0 saturated heterocycles. The van der Waals surface area contributed by atoms with E-state index in [1.807, 2.05) is 0 Å². The zero-order valence-electron chi connectivity index (χ0n) is 14.0. The van der Waals surface area contributed by atoms with Gasteiger partial charge in [-0.25, -0.2) is 5.43 Å². The molecule has 0 bridgehead atoms. The molecular weight excluding hydrogens is 379 g/mol. The molecule has 26 heavy (non-hydrogen) atoms. The maximum Gasteiger partial charge on any atom is 0.240 e. The van der Waals surface area contributed by atoms with Gasteiger partial charge in [-0.15, -0.1) is 0 Å². The van der Waals surface area contributed by atoms with Crippen LogP contribution in [-0.2, 0) is 4.79 Å². The van der Waals surface area contributed by atoms with E-state index in [1.165, 1.54) is 18.2 Å². The molecule has 6 nitrogen and oxygen atoms in total. The molecular formula is C18H18Cl2N2O4. The monoisotopic (exact) mass is 396 g/mol. The summed E-state index contributed by atoms with van der Waals surface area (Å²) < 4.78 is 5.50. The summed E-state index contributed by atoms with van der Waals surface area (Å²) in [4.78, 5) is 11.8. The summed E-state index contributed by atoms with van der Waals surface area (Å²) >= 11 is 11.8. The number of halogens is 2. The van der Waals surface area contributed by atoms with Crippen molar-refractivity contribution in [1.82, 2.24) is 5.43 Å². The first-order valence-corrected chi connectivity index (χ1v) is 8.55. The molecule has 1 amide bonds. The summed E-state index contributed by atoms with van der Waals surface area (Å²) in [6.07, 6.45) is 0.688. The Kier molecular flexibility index (Phi) is 7.12. The zero-order chi connectivity index (χ0) is 19.1. The highest BCUT2D eigenvalue weighted by molar-refractivity contribution is 6.35. The SMILES string of the molecule is C/C(=N\NC(=O)CCCOc1ccc(Cl)cc1Cl)c1ccc(O)cc1O. The normalized spacial score (nSPS) is 11.3. The maximum absolute atomic E-state index is 11.8. The molecule has 3 N–H and O–H groups in total. The lowest BCUT2D eigenvalue weighted by Gasteiger charge is -2.08. The van der Waals surface area contributed by atoms with Crippen LogP contribution in [0.25, 0.3) is 0 Å². The minimum atomic E-state index is -0.284. The average molecular weight is 397 g/mol. The van der Waals surface area contributed by atoms with Crippen molar-refractivity contribution in [2.45, 2.75) is 19.8 Å². The van der Waals surface area contributed by atoms with Gasteiger partial charge in [0.15, 0.2) is 0 Å². The summed E-state index contributed by atoms with van der Waals surface area (Å²) in [6, 6.07) is 9.07. The second kappa shape index (κ2) is 9.31. The third-order valence-corrected chi connectivity index (χ3v) is 3.95. The van der Waals surface area contributed by atoms with E-state index in [0.717, 1.165) is 0 Å². The maximum atomic E-state index is 11.8. The number of nitrogens with zero attached hydrogens (tertiary/aromatic N) is 1. The average Bonchev–Trinajstić information content (AvgIpc) is 2.58. The van der Waals surface area contributed by atoms with Crippen LogP contribution < -0.4 is 10.2 Å². The van der Waals surface area contributed by atoms with Gasteiger partial charge in [0.25, 0.3) is 0 Å². The van der Waals surface area contributed by atoms with Gasteiger partial charge in [-0.3, -0.25) is 4.79 Å². The summed E-state index contributed by atoms with van der Waals surface area (Å²) in [5.74, 6) is 0.0548. The van der Waals surface area contributed by atoms with E-state index in [9.17, 15) is 15.0 Å². The number of phenols is 2. The highest BCUT2D eigenvalue weighted by Gasteiger charge is 2.07. The fourth-order valence-electron chi connectivity index (χ4n) is 2.10. The number of hydrogen-bond donors (Lipinski definition) is 3. The molecule has 0 aliphatic carbocycles. The number of amides is 1. The molecule has 0 saturated carbocycles. The first-order valence-electron chi connectivity index (χ1n) is 7.80. The minimum absolute atomic E-state index is 0.0520. The van der Waals surface area contributed by atoms with Crippen LogP contribution >= 0.6 is 23.2 Å². The van der Waals surface area contributed by atoms with Crippen molar-refractivity contribution in [3.63, 3.8) is 0 Å². The number of hydrazone groups is 1. The molecule has 2 aromatic carbocycles. The molecule has 138 valence electrons. The number of aromatic hydroxyl groups is 2. The first-order chi connectivity index (χ1) is 12.4. The molecule has 0 fully saturated rings. The van der Waals surface area contributed by atoms with Gasteiger partial charge in [0.1, 0.15) is 17.2 Å². The Morgan fingerprint density at radius 2 is 1.96 bits per heavy atom. The largest absolute Gasteiger partial charge is 0.508 e. The minimum Gasteiger partial charge on any atom is -0.508 e. The second-order valence-electron chi connectivity index (χ2n) is 5.46. The third kappa shape index (κ3) is 5.82. The number of carbonyl (C=O) groups is 1.